The van der Waals surface area contributed by atoms with Gasteiger partial charge >= 0.3 is 0 Å². The normalized spacial score (nSPS) is 10.8. The predicted molar refractivity (Wildman–Crippen MR) is 103 cm³/mol. The number of ketones is 3. The fraction of sp³-hybridized carbons (Fsp3) is 0.857. The molecule has 0 saturated heterocycles. The van der Waals surface area contributed by atoms with Crippen LogP contribution in [0.25, 0.3) is 0 Å². The lowest BCUT2D eigenvalue weighted by Gasteiger charge is -2.06. The molecule has 0 spiro atoms. The van der Waals surface area contributed by atoms with Crippen molar-refractivity contribution in [1.29, 1.82) is 0 Å². The topological polar surface area (TPSA) is 69.7 Å². The van der Waals surface area contributed by atoms with Gasteiger partial charge in [0, 0.05) is 38.7 Å². The smallest absolute Gasteiger partial charge is 0.135 e. The minimum absolute atomic E-state index is 0.264. The molecule has 0 aliphatic carbocycles. The molecular weight excluding hydrogens is 332 g/mol. The number of ether oxygens (including phenoxy) is 2. The highest BCUT2D eigenvalue weighted by atomic mass is 16.5. The fourth-order valence-electron chi connectivity index (χ4n) is 2.58. The molecule has 0 aliphatic rings. The van der Waals surface area contributed by atoms with Gasteiger partial charge in [-0.15, -0.1) is 0 Å². The van der Waals surface area contributed by atoms with E-state index >= 15 is 0 Å². The summed E-state index contributed by atoms with van der Waals surface area (Å²) < 4.78 is 10.8. The first-order valence-electron chi connectivity index (χ1n) is 10.2. The van der Waals surface area contributed by atoms with Gasteiger partial charge in [0.15, 0.2) is 0 Å². The highest BCUT2D eigenvalue weighted by molar-refractivity contribution is 5.78. The number of rotatable bonds is 20. The summed E-state index contributed by atoms with van der Waals surface area (Å²) >= 11 is 0. The third kappa shape index (κ3) is 19.3. The molecule has 0 fully saturated rings. The van der Waals surface area contributed by atoms with Crippen molar-refractivity contribution in [2.45, 2.75) is 90.9 Å². The molecule has 0 radical (unpaired) electrons. The summed E-state index contributed by atoms with van der Waals surface area (Å²) in [4.78, 5) is 33.6. The van der Waals surface area contributed by atoms with Crippen LogP contribution >= 0.6 is 0 Å². The van der Waals surface area contributed by atoms with Gasteiger partial charge in [-0.1, -0.05) is 32.6 Å². The van der Waals surface area contributed by atoms with Crippen molar-refractivity contribution in [3.63, 3.8) is 0 Å². The Bertz CT molecular complexity index is 379. The van der Waals surface area contributed by atoms with Gasteiger partial charge in [-0.25, -0.2) is 0 Å². The van der Waals surface area contributed by atoms with Crippen LogP contribution in [0.5, 0.6) is 0 Å². The Hall–Kier alpha value is -1.07. The molecule has 0 atom stereocenters. The second kappa shape index (κ2) is 18.7. The average molecular weight is 371 g/mol. The Morgan fingerprint density at radius 1 is 0.577 bits per heavy atom. The molecule has 0 aliphatic heterocycles. The van der Waals surface area contributed by atoms with Crippen molar-refractivity contribution in [2.75, 3.05) is 26.4 Å². The highest BCUT2D eigenvalue weighted by Crippen LogP contribution is 2.09. The number of carbonyl (C=O) groups is 3. The third-order valence-electron chi connectivity index (χ3n) is 4.27. The lowest BCUT2D eigenvalue weighted by Crippen LogP contribution is -2.09. The van der Waals surface area contributed by atoms with Crippen molar-refractivity contribution in [3.05, 3.63) is 0 Å². The van der Waals surface area contributed by atoms with Gasteiger partial charge in [-0.2, -0.15) is 0 Å². The highest BCUT2D eigenvalue weighted by Gasteiger charge is 2.02. The Labute approximate surface area is 159 Å². The second-order valence-electron chi connectivity index (χ2n) is 6.83. The maximum absolute atomic E-state index is 11.7. The fourth-order valence-corrected chi connectivity index (χ4v) is 2.58. The zero-order valence-corrected chi connectivity index (χ0v) is 16.9. The van der Waals surface area contributed by atoms with E-state index in [1.165, 1.54) is 0 Å². The van der Waals surface area contributed by atoms with Gasteiger partial charge in [0.1, 0.15) is 17.3 Å². The molecule has 26 heavy (non-hydrogen) atoms. The number of carbonyl (C=O) groups excluding carboxylic acids is 3. The molecule has 5 nitrogen and oxygen atoms in total. The van der Waals surface area contributed by atoms with Gasteiger partial charge in [-0.05, 0) is 26.2 Å². The summed E-state index contributed by atoms with van der Waals surface area (Å²) in [6.45, 7) is 5.56. The average Bonchev–Trinajstić information content (AvgIpc) is 2.61. The molecule has 0 unspecified atom stereocenters. The maximum atomic E-state index is 11.7. The summed E-state index contributed by atoms with van der Waals surface area (Å²) in [7, 11) is 0. The van der Waals surface area contributed by atoms with Gasteiger partial charge in [-0.3, -0.25) is 9.59 Å². The first kappa shape index (κ1) is 24.9. The molecule has 0 aromatic carbocycles. The minimum atomic E-state index is 0.264. The van der Waals surface area contributed by atoms with Crippen LogP contribution in [0.15, 0.2) is 0 Å². The third-order valence-corrected chi connectivity index (χ3v) is 4.27. The van der Waals surface area contributed by atoms with E-state index in [2.05, 4.69) is 0 Å². The van der Waals surface area contributed by atoms with E-state index in [-0.39, 0.29) is 17.3 Å². The van der Waals surface area contributed by atoms with Crippen LogP contribution in [0, 0.1) is 0 Å². The largest absolute Gasteiger partial charge is 0.379 e. The number of unbranched alkanes of at least 4 members (excludes halogenated alkanes) is 5. The molecular formula is C21H38O5. The van der Waals surface area contributed by atoms with Crippen molar-refractivity contribution >= 4 is 17.3 Å². The van der Waals surface area contributed by atoms with Crippen LogP contribution < -0.4 is 0 Å². The van der Waals surface area contributed by atoms with Crippen LogP contribution in [-0.2, 0) is 23.9 Å². The first-order chi connectivity index (χ1) is 12.6. The molecule has 5 heteroatoms. The monoisotopic (exact) mass is 370 g/mol. The number of hydrogen-bond donors (Lipinski definition) is 0. The van der Waals surface area contributed by atoms with Crippen LogP contribution in [0.2, 0.25) is 0 Å². The molecule has 0 aromatic heterocycles. The first-order valence-corrected chi connectivity index (χ1v) is 10.2. The van der Waals surface area contributed by atoms with Crippen molar-refractivity contribution in [1.82, 2.24) is 0 Å². The molecule has 0 amide bonds. The van der Waals surface area contributed by atoms with E-state index in [0.717, 1.165) is 44.9 Å². The minimum Gasteiger partial charge on any atom is -0.379 e. The van der Waals surface area contributed by atoms with Gasteiger partial charge in [0.05, 0.1) is 19.8 Å². The van der Waals surface area contributed by atoms with Crippen molar-refractivity contribution in [3.8, 4) is 0 Å². The molecule has 0 N–H and O–H groups in total. The SMILES string of the molecule is CCC(=O)CCCOCCOCCC(=O)CCCCCCCCC(C)=O. The van der Waals surface area contributed by atoms with Gasteiger partial charge < -0.3 is 14.3 Å². The van der Waals surface area contributed by atoms with Crippen LogP contribution in [0.4, 0.5) is 0 Å². The van der Waals surface area contributed by atoms with E-state index in [1.54, 1.807) is 6.92 Å². The van der Waals surface area contributed by atoms with E-state index < -0.39 is 0 Å². The Balaban J connectivity index is 3.22. The van der Waals surface area contributed by atoms with Crippen molar-refractivity contribution in [2.24, 2.45) is 0 Å². The van der Waals surface area contributed by atoms with Gasteiger partial charge in [0.25, 0.3) is 0 Å². The van der Waals surface area contributed by atoms with Crippen LogP contribution in [0.1, 0.15) is 90.9 Å². The molecule has 0 bridgehead atoms. The van der Waals surface area contributed by atoms with Gasteiger partial charge in [0.2, 0.25) is 0 Å². The van der Waals surface area contributed by atoms with E-state index in [4.69, 9.17) is 9.47 Å². The standard InChI is InChI=1S/C21H38O5/c1-3-20(23)13-10-15-25-17-18-26-16-14-21(24)12-9-7-5-4-6-8-11-19(2)22/h3-18H2,1-2H3. The summed E-state index contributed by atoms with van der Waals surface area (Å²) in [6.07, 6.45) is 10.2. The molecule has 152 valence electrons. The van der Waals surface area contributed by atoms with Crippen LogP contribution in [-0.4, -0.2) is 43.8 Å². The lowest BCUT2D eigenvalue weighted by atomic mass is 10.1. The molecule has 0 heterocycles. The lowest BCUT2D eigenvalue weighted by molar-refractivity contribution is -0.120. The zero-order chi connectivity index (χ0) is 19.5. The molecule has 0 aromatic rings. The maximum Gasteiger partial charge on any atom is 0.135 e. The second-order valence-corrected chi connectivity index (χ2v) is 6.83. The zero-order valence-electron chi connectivity index (χ0n) is 16.9. The van der Waals surface area contributed by atoms with E-state index in [1.807, 2.05) is 6.92 Å². The van der Waals surface area contributed by atoms with E-state index in [9.17, 15) is 14.4 Å². The number of Topliss-reactive ketones (excluding diaryl/α,β-unsaturated/α-hetero) is 3. The Morgan fingerprint density at radius 2 is 1.12 bits per heavy atom. The molecule has 0 rings (SSSR count). The molecule has 0 saturated carbocycles. The summed E-state index contributed by atoms with van der Waals surface area (Å²) in [5.41, 5.74) is 0. The Morgan fingerprint density at radius 3 is 1.73 bits per heavy atom. The van der Waals surface area contributed by atoms with E-state index in [0.29, 0.717) is 58.5 Å². The summed E-state index contributed by atoms with van der Waals surface area (Å²) in [6, 6.07) is 0. The Kier molecular flexibility index (Phi) is 17.9. The quantitative estimate of drug-likeness (QED) is 0.296. The summed E-state index contributed by atoms with van der Waals surface area (Å²) in [5.74, 6) is 0.810. The summed E-state index contributed by atoms with van der Waals surface area (Å²) in [5, 5.41) is 0. The van der Waals surface area contributed by atoms with Crippen molar-refractivity contribution < 1.29 is 23.9 Å². The number of hydrogen-bond acceptors (Lipinski definition) is 5. The van der Waals surface area contributed by atoms with Crippen LogP contribution in [0.3, 0.4) is 0 Å². The predicted octanol–water partition coefficient (Wildman–Crippen LogP) is 4.45.